The monoisotopic (exact) mass is 606 g/mol. The number of hydrogen-bond donors (Lipinski definition) is 0. The highest BCUT2D eigenvalue weighted by molar-refractivity contribution is 9.10. The Kier molecular flexibility index (Phi) is 9.48. The zero-order valence-corrected chi connectivity index (χ0v) is 20.1. The topological polar surface area (TPSA) is 35.5 Å². The minimum Gasteiger partial charge on any atom is -0.418 e. The van der Waals surface area contributed by atoms with E-state index in [4.69, 9.17) is 9.05 Å². The van der Waals surface area contributed by atoms with Gasteiger partial charge in [0.1, 0.15) is 11.5 Å². The van der Waals surface area contributed by atoms with Gasteiger partial charge in [-0.15, -0.1) is 0 Å². The Morgan fingerprint density at radius 3 is 1.31 bits per heavy atom. The summed E-state index contributed by atoms with van der Waals surface area (Å²) in [5.74, 6) is -0.741. The van der Waals surface area contributed by atoms with Crippen molar-refractivity contribution in [3.8, 4) is 0 Å². The highest BCUT2D eigenvalue weighted by Gasteiger charge is 2.27. The quantitative estimate of drug-likeness (QED) is 0.171. The number of rotatable bonds is 8. The summed E-state index contributed by atoms with van der Waals surface area (Å²) in [5.41, 5.74) is 0.368. The molecule has 3 nitrogen and oxygen atoms in total. The second kappa shape index (κ2) is 11.4. The largest absolute Gasteiger partial charge is 0.418 e. The van der Waals surface area contributed by atoms with Crippen LogP contribution in [0.4, 0.5) is 26.3 Å². The Bertz CT molecular complexity index is 905. The van der Waals surface area contributed by atoms with Gasteiger partial charge in [0.05, 0.1) is 12.8 Å². The summed E-state index contributed by atoms with van der Waals surface area (Å²) < 4.78 is 100. The third-order valence-electron chi connectivity index (χ3n) is 3.68. The number of benzene rings is 2. The van der Waals surface area contributed by atoms with E-state index in [1.54, 1.807) is 0 Å². The molecule has 0 saturated carbocycles. The van der Waals surface area contributed by atoms with Crippen LogP contribution in [0.3, 0.4) is 0 Å². The first-order chi connectivity index (χ1) is 14.8. The first-order valence-corrected chi connectivity index (χ1v) is 11.6. The van der Waals surface area contributed by atoms with Crippen molar-refractivity contribution >= 4 is 51.6 Å². The van der Waals surface area contributed by atoms with Gasteiger partial charge < -0.3 is 9.05 Å². The van der Waals surface area contributed by atoms with E-state index in [0.29, 0.717) is 21.1 Å². The lowest BCUT2D eigenvalue weighted by atomic mass is 10.1. The number of allylic oxidation sites excluding steroid dienone is 2. The summed E-state index contributed by atoms with van der Waals surface area (Å²) in [6.07, 6.45) is -10.4. The van der Waals surface area contributed by atoms with Crippen LogP contribution in [0.1, 0.15) is 24.0 Å². The molecule has 0 radical (unpaired) electrons. The van der Waals surface area contributed by atoms with E-state index < -0.39 is 33.4 Å². The van der Waals surface area contributed by atoms with Crippen molar-refractivity contribution in [1.82, 2.24) is 0 Å². The molecule has 0 saturated heterocycles. The Balaban J connectivity index is 2.28. The zero-order valence-electron chi connectivity index (χ0n) is 15.9. The van der Waals surface area contributed by atoms with Gasteiger partial charge in [-0.05, 0) is 36.4 Å². The van der Waals surface area contributed by atoms with Crippen LogP contribution in [-0.2, 0) is 13.6 Å². The van der Waals surface area contributed by atoms with E-state index in [-0.39, 0.29) is 22.6 Å². The van der Waals surface area contributed by atoms with Crippen LogP contribution in [0.15, 0.2) is 69.6 Å². The first-order valence-electron chi connectivity index (χ1n) is 8.78. The molecule has 0 aliphatic carbocycles. The van der Waals surface area contributed by atoms with E-state index in [0.717, 1.165) is 0 Å². The predicted octanol–water partition coefficient (Wildman–Crippen LogP) is 8.92. The van der Waals surface area contributed by atoms with Crippen molar-refractivity contribution in [3.63, 3.8) is 0 Å². The standard InChI is InChI=1S/C20H15Br2F6O3P/c21-15-5-1-13(2-6-15)17(9-11-19(23,24)25)30-32(29)31-18(10-12-20(26,27)28)14-3-7-16(22)8-4-14/h1-10,32H,11-12H2. The van der Waals surface area contributed by atoms with Crippen LogP contribution < -0.4 is 0 Å². The van der Waals surface area contributed by atoms with Gasteiger partial charge >= 0.3 is 20.6 Å². The molecule has 0 fully saturated rings. The van der Waals surface area contributed by atoms with Crippen molar-refractivity contribution in [2.45, 2.75) is 25.2 Å². The summed E-state index contributed by atoms with van der Waals surface area (Å²) >= 11 is 6.38. The van der Waals surface area contributed by atoms with Gasteiger partial charge in [0.15, 0.2) is 0 Å². The molecule has 174 valence electrons. The first kappa shape index (κ1) is 26.5. The molecule has 0 heterocycles. The second-order valence-corrected chi connectivity index (χ2v) is 8.98. The number of alkyl halides is 6. The summed E-state index contributed by atoms with van der Waals surface area (Å²) in [6.45, 7) is 0. The van der Waals surface area contributed by atoms with Crippen LogP contribution >= 0.6 is 40.1 Å². The van der Waals surface area contributed by atoms with Gasteiger partial charge in [-0.3, -0.25) is 0 Å². The lowest BCUT2D eigenvalue weighted by Crippen LogP contribution is -2.05. The molecule has 0 aliphatic heterocycles. The molecule has 0 bridgehead atoms. The molecule has 2 aromatic carbocycles. The predicted molar refractivity (Wildman–Crippen MR) is 117 cm³/mol. The Morgan fingerprint density at radius 1 is 0.719 bits per heavy atom. The minimum atomic E-state index is -4.55. The lowest BCUT2D eigenvalue weighted by molar-refractivity contribution is -0.125. The van der Waals surface area contributed by atoms with Gasteiger partial charge in [-0.1, -0.05) is 56.1 Å². The van der Waals surface area contributed by atoms with E-state index in [9.17, 15) is 30.9 Å². The third-order valence-corrected chi connectivity index (χ3v) is 5.51. The molecule has 0 aromatic heterocycles. The molecule has 0 atom stereocenters. The SMILES string of the molecule is O=[PH](OC(=CCC(F)(F)F)c1ccc(Br)cc1)OC(=CCC(F)(F)F)c1ccc(Br)cc1. The van der Waals surface area contributed by atoms with E-state index in [1.807, 2.05) is 0 Å². The molecule has 2 rings (SSSR count). The normalized spacial score (nSPS) is 14.2. The van der Waals surface area contributed by atoms with Crippen molar-refractivity contribution in [3.05, 3.63) is 80.8 Å². The molecule has 0 unspecified atom stereocenters. The van der Waals surface area contributed by atoms with Crippen LogP contribution in [0.5, 0.6) is 0 Å². The fourth-order valence-corrected chi connectivity index (χ4v) is 3.61. The molecule has 0 amide bonds. The average Bonchev–Trinajstić information content (AvgIpc) is 2.68. The fourth-order valence-electron chi connectivity index (χ4n) is 2.28. The summed E-state index contributed by atoms with van der Waals surface area (Å²) in [4.78, 5) is 0. The smallest absolute Gasteiger partial charge is 0.418 e. The summed E-state index contributed by atoms with van der Waals surface area (Å²) in [6, 6.07) is 11.9. The molecule has 0 spiro atoms. The number of hydrogen-bond acceptors (Lipinski definition) is 3. The van der Waals surface area contributed by atoms with Gasteiger partial charge in [0.25, 0.3) is 0 Å². The maximum Gasteiger partial charge on any atom is 0.418 e. The van der Waals surface area contributed by atoms with Crippen LogP contribution in [0.2, 0.25) is 0 Å². The van der Waals surface area contributed by atoms with Crippen molar-refractivity contribution < 1.29 is 40.0 Å². The Morgan fingerprint density at radius 2 is 1.03 bits per heavy atom. The third kappa shape index (κ3) is 9.83. The number of halogens is 8. The van der Waals surface area contributed by atoms with Gasteiger partial charge in [-0.2, -0.15) is 26.3 Å². The fraction of sp³-hybridized carbons (Fsp3) is 0.200. The Labute approximate surface area is 197 Å². The summed E-state index contributed by atoms with van der Waals surface area (Å²) in [5, 5.41) is 0. The highest BCUT2D eigenvalue weighted by atomic mass is 79.9. The van der Waals surface area contributed by atoms with Crippen LogP contribution in [-0.4, -0.2) is 12.4 Å². The van der Waals surface area contributed by atoms with Crippen LogP contribution in [0.25, 0.3) is 11.5 Å². The molecule has 12 heteroatoms. The lowest BCUT2D eigenvalue weighted by Gasteiger charge is -2.15. The second-order valence-electron chi connectivity index (χ2n) is 6.24. The maximum atomic E-state index is 12.7. The Hall–Kier alpha value is -1.71. The minimum absolute atomic E-state index is 0.184. The maximum absolute atomic E-state index is 12.7. The molecule has 0 aliphatic rings. The van der Waals surface area contributed by atoms with Crippen molar-refractivity contribution in [2.24, 2.45) is 0 Å². The van der Waals surface area contributed by atoms with E-state index in [1.165, 1.54) is 48.5 Å². The van der Waals surface area contributed by atoms with Crippen molar-refractivity contribution in [1.29, 1.82) is 0 Å². The molecule has 32 heavy (non-hydrogen) atoms. The molecule has 2 aromatic rings. The van der Waals surface area contributed by atoms with Gasteiger partial charge in [0, 0.05) is 20.1 Å². The molecular formula is C20H15Br2F6O3P. The van der Waals surface area contributed by atoms with E-state index >= 15 is 0 Å². The molecule has 0 N–H and O–H groups in total. The molecular weight excluding hydrogens is 593 g/mol. The summed E-state index contributed by atoms with van der Waals surface area (Å²) in [7, 11) is -3.58. The highest BCUT2D eigenvalue weighted by Crippen LogP contribution is 2.39. The van der Waals surface area contributed by atoms with E-state index in [2.05, 4.69) is 31.9 Å². The van der Waals surface area contributed by atoms with Crippen molar-refractivity contribution in [2.75, 3.05) is 0 Å². The zero-order chi connectivity index (χ0) is 23.9. The van der Waals surface area contributed by atoms with Crippen LogP contribution in [0, 0.1) is 0 Å². The average molecular weight is 608 g/mol. The van der Waals surface area contributed by atoms with Gasteiger partial charge in [0.2, 0.25) is 0 Å². The van der Waals surface area contributed by atoms with Gasteiger partial charge in [-0.25, -0.2) is 4.57 Å².